The Morgan fingerprint density at radius 1 is 1.28 bits per heavy atom. The fourth-order valence-electron chi connectivity index (χ4n) is 5.64. The highest BCUT2D eigenvalue weighted by atomic mass is 32.2. The van der Waals surface area contributed by atoms with Crippen LogP contribution >= 0.6 is 11.8 Å². The Morgan fingerprint density at radius 2 is 2.08 bits per heavy atom. The van der Waals surface area contributed by atoms with Gasteiger partial charge < -0.3 is 14.7 Å². The molecule has 5 atom stereocenters. The van der Waals surface area contributed by atoms with Gasteiger partial charge in [-0.15, -0.1) is 11.8 Å². The van der Waals surface area contributed by atoms with Crippen LogP contribution in [0.15, 0.2) is 29.2 Å². The van der Waals surface area contributed by atoms with E-state index in [4.69, 9.17) is 4.74 Å². The van der Waals surface area contributed by atoms with E-state index in [9.17, 15) is 5.11 Å². The van der Waals surface area contributed by atoms with Gasteiger partial charge in [0.1, 0.15) is 18.0 Å². The fourth-order valence-corrected chi connectivity index (χ4v) is 6.68. The van der Waals surface area contributed by atoms with Crippen LogP contribution in [0.1, 0.15) is 38.3 Å². The lowest BCUT2D eigenvalue weighted by Crippen LogP contribution is -2.64. The smallest absolute Gasteiger partial charge is 0.139 e. The largest absolute Gasteiger partial charge is 0.485 e. The summed E-state index contributed by atoms with van der Waals surface area (Å²) < 4.78 is 6.70. The predicted molar refractivity (Wildman–Crippen MR) is 102 cm³/mol. The van der Waals surface area contributed by atoms with Crippen molar-refractivity contribution in [2.75, 3.05) is 13.6 Å². The van der Waals surface area contributed by atoms with Gasteiger partial charge in [0.15, 0.2) is 0 Å². The molecule has 2 bridgehead atoms. The molecule has 25 heavy (non-hydrogen) atoms. The Balaban J connectivity index is 1.73. The summed E-state index contributed by atoms with van der Waals surface area (Å²) in [5, 5.41) is 10.7. The van der Waals surface area contributed by atoms with Crippen LogP contribution in [0.4, 0.5) is 0 Å². The lowest BCUT2D eigenvalue weighted by atomic mass is 9.53. The van der Waals surface area contributed by atoms with E-state index in [1.807, 2.05) is 17.8 Å². The number of ether oxygens (including phenoxy) is 1. The van der Waals surface area contributed by atoms with Gasteiger partial charge in [-0.2, -0.15) is 0 Å². The Labute approximate surface area is 154 Å². The molecule has 1 saturated heterocycles. The van der Waals surface area contributed by atoms with E-state index in [0.717, 1.165) is 25.1 Å². The first-order valence-electron chi connectivity index (χ1n) is 9.40. The fraction of sp³-hybridized carbons (Fsp3) is 0.619. The van der Waals surface area contributed by atoms with Gasteiger partial charge in [-0.25, -0.2) is 0 Å². The SMILES string of the molecule is CN1CC[C@]23c4c5ccc(SC(C)(C)C)c4O[C@H]2[C@@H](O)C=C[C@@H]3[C@H]1C5. The van der Waals surface area contributed by atoms with E-state index in [1.54, 1.807) is 0 Å². The van der Waals surface area contributed by atoms with Crippen molar-refractivity contribution in [1.82, 2.24) is 4.90 Å². The molecule has 2 aliphatic heterocycles. The van der Waals surface area contributed by atoms with E-state index in [2.05, 4.69) is 50.9 Å². The molecule has 0 aromatic heterocycles. The van der Waals surface area contributed by atoms with Gasteiger partial charge in [0.05, 0.1) is 4.90 Å². The van der Waals surface area contributed by atoms with Gasteiger partial charge in [0.25, 0.3) is 0 Å². The molecule has 0 amide bonds. The quantitative estimate of drug-likeness (QED) is 0.617. The Kier molecular flexibility index (Phi) is 3.28. The maximum atomic E-state index is 10.7. The lowest BCUT2D eigenvalue weighted by molar-refractivity contribution is -0.0454. The van der Waals surface area contributed by atoms with Crippen molar-refractivity contribution in [3.8, 4) is 5.75 Å². The molecule has 0 unspecified atom stereocenters. The predicted octanol–water partition coefficient (Wildman–Crippen LogP) is 3.38. The molecule has 3 nitrogen and oxygen atoms in total. The number of likely N-dealkylation sites (tertiary alicyclic amines) is 1. The standard InChI is InChI=1S/C21H27NO2S/c1-20(2,3)25-16-8-5-12-11-14-13-6-7-15(23)19-21(13,9-10-22(14)4)17(12)18(16)24-19/h5-8,13-15,19,23H,9-11H2,1-4H3/t13-,14-,15+,19+,21+/m1/s1. The van der Waals surface area contributed by atoms with Crippen molar-refractivity contribution in [2.24, 2.45) is 5.92 Å². The molecule has 4 aliphatic rings. The van der Waals surface area contributed by atoms with Gasteiger partial charge in [0.2, 0.25) is 0 Å². The summed E-state index contributed by atoms with van der Waals surface area (Å²) in [7, 11) is 2.25. The summed E-state index contributed by atoms with van der Waals surface area (Å²) >= 11 is 1.88. The minimum Gasteiger partial charge on any atom is -0.485 e. The summed E-state index contributed by atoms with van der Waals surface area (Å²) in [6, 6.07) is 5.09. The second-order valence-corrected chi connectivity index (χ2v) is 11.0. The molecular weight excluding hydrogens is 330 g/mol. The van der Waals surface area contributed by atoms with Crippen LogP contribution in [-0.2, 0) is 11.8 Å². The molecule has 1 fully saturated rings. The zero-order valence-electron chi connectivity index (χ0n) is 15.5. The highest BCUT2D eigenvalue weighted by molar-refractivity contribution is 8.00. The molecule has 1 spiro atoms. The number of piperidine rings is 1. The molecule has 1 N–H and O–H groups in total. The van der Waals surface area contributed by atoms with Crippen molar-refractivity contribution < 1.29 is 9.84 Å². The number of nitrogens with zero attached hydrogens (tertiary/aromatic N) is 1. The summed E-state index contributed by atoms with van der Waals surface area (Å²) in [5.74, 6) is 1.52. The summed E-state index contributed by atoms with van der Waals surface area (Å²) in [6.07, 6.45) is 5.78. The van der Waals surface area contributed by atoms with Crippen molar-refractivity contribution in [1.29, 1.82) is 0 Å². The molecule has 0 radical (unpaired) electrons. The van der Waals surface area contributed by atoms with Gasteiger partial charge in [-0.05, 0) is 38.1 Å². The van der Waals surface area contributed by atoms with Crippen LogP contribution < -0.4 is 4.74 Å². The van der Waals surface area contributed by atoms with Crippen molar-refractivity contribution >= 4 is 11.8 Å². The van der Waals surface area contributed by atoms with E-state index in [1.165, 1.54) is 16.0 Å². The number of hydrogen-bond acceptors (Lipinski definition) is 4. The second kappa shape index (κ2) is 5.05. The summed E-state index contributed by atoms with van der Waals surface area (Å²) in [6.45, 7) is 7.82. The third kappa shape index (κ3) is 2.08. The first kappa shape index (κ1) is 16.2. The molecule has 0 saturated carbocycles. The lowest BCUT2D eigenvalue weighted by Gasteiger charge is -2.56. The molecule has 1 aromatic carbocycles. The third-order valence-corrected chi connectivity index (χ3v) is 7.70. The zero-order chi connectivity index (χ0) is 17.6. The first-order valence-corrected chi connectivity index (χ1v) is 10.2. The van der Waals surface area contributed by atoms with Crippen LogP contribution in [0.25, 0.3) is 0 Å². The molecular formula is C21H27NO2S. The highest BCUT2D eigenvalue weighted by Crippen LogP contribution is 2.62. The van der Waals surface area contributed by atoms with Gasteiger partial charge in [0, 0.05) is 27.7 Å². The number of rotatable bonds is 1. The topological polar surface area (TPSA) is 32.7 Å². The summed E-state index contributed by atoms with van der Waals surface area (Å²) in [5.41, 5.74) is 2.82. The van der Waals surface area contributed by atoms with Crippen molar-refractivity contribution in [3.05, 3.63) is 35.4 Å². The number of benzene rings is 1. The monoisotopic (exact) mass is 357 g/mol. The van der Waals surface area contributed by atoms with Crippen LogP contribution in [0, 0.1) is 5.92 Å². The zero-order valence-corrected chi connectivity index (χ0v) is 16.3. The minimum atomic E-state index is -0.508. The molecule has 5 rings (SSSR count). The third-order valence-electron chi connectivity index (χ3n) is 6.55. The summed E-state index contributed by atoms with van der Waals surface area (Å²) in [4.78, 5) is 3.74. The van der Waals surface area contributed by atoms with Gasteiger partial charge >= 0.3 is 0 Å². The number of aliphatic hydroxyl groups is 1. The Hall–Kier alpha value is -0.970. The van der Waals surface area contributed by atoms with E-state index in [0.29, 0.717) is 12.0 Å². The molecule has 134 valence electrons. The van der Waals surface area contributed by atoms with Crippen LogP contribution in [0.5, 0.6) is 5.75 Å². The van der Waals surface area contributed by atoms with Crippen LogP contribution in [0.2, 0.25) is 0 Å². The molecule has 1 aromatic rings. The Bertz CT molecular complexity index is 768. The normalized spacial score (nSPS) is 38.4. The number of hydrogen-bond donors (Lipinski definition) is 1. The van der Waals surface area contributed by atoms with Crippen molar-refractivity contribution in [2.45, 2.75) is 66.9 Å². The molecule has 4 heteroatoms. The number of aliphatic hydroxyl groups excluding tert-OH is 1. The highest BCUT2D eigenvalue weighted by Gasteiger charge is 2.64. The Morgan fingerprint density at radius 3 is 2.84 bits per heavy atom. The van der Waals surface area contributed by atoms with Crippen LogP contribution in [0.3, 0.4) is 0 Å². The van der Waals surface area contributed by atoms with Crippen molar-refractivity contribution in [3.63, 3.8) is 0 Å². The first-order chi connectivity index (χ1) is 11.8. The molecule has 2 aliphatic carbocycles. The molecule has 2 heterocycles. The van der Waals surface area contributed by atoms with Gasteiger partial charge in [-0.1, -0.05) is 39.0 Å². The maximum Gasteiger partial charge on any atom is 0.139 e. The van der Waals surface area contributed by atoms with Gasteiger partial charge in [-0.3, -0.25) is 0 Å². The van der Waals surface area contributed by atoms with E-state index >= 15 is 0 Å². The number of thioether (sulfide) groups is 1. The average Bonchev–Trinajstić information content (AvgIpc) is 2.88. The maximum absolute atomic E-state index is 10.7. The van der Waals surface area contributed by atoms with E-state index in [-0.39, 0.29) is 16.3 Å². The second-order valence-electron chi connectivity index (χ2n) is 9.12. The number of likely N-dealkylation sites (N-methyl/N-ethyl adjacent to an activating group) is 1. The van der Waals surface area contributed by atoms with E-state index < -0.39 is 6.10 Å². The minimum absolute atomic E-state index is 0.0390. The van der Waals surface area contributed by atoms with Crippen LogP contribution in [-0.4, -0.2) is 46.6 Å². The average molecular weight is 358 g/mol.